The quantitative estimate of drug-likeness (QED) is 0.696. The topological polar surface area (TPSA) is 52.3 Å². The minimum absolute atomic E-state index is 0.0307. The Hall–Kier alpha value is -2.14. The summed E-state index contributed by atoms with van der Waals surface area (Å²) in [4.78, 5) is 11.7. The second-order valence-electron chi connectivity index (χ2n) is 4.09. The van der Waals surface area contributed by atoms with Gasteiger partial charge >= 0.3 is 5.97 Å². The first-order valence-electron chi connectivity index (χ1n) is 5.63. The zero-order chi connectivity index (χ0) is 14.7. The van der Waals surface area contributed by atoms with Gasteiger partial charge in [0, 0.05) is 16.3 Å². The van der Waals surface area contributed by atoms with Gasteiger partial charge in [0.2, 0.25) is 0 Å². The van der Waals surface area contributed by atoms with E-state index in [0.717, 1.165) is 18.2 Å². The van der Waals surface area contributed by atoms with E-state index >= 15 is 0 Å². The van der Waals surface area contributed by atoms with E-state index in [0.29, 0.717) is 0 Å². The van der Waals surface area contributed by atoms with Crippen molar-refractivity contribution in [2.24, 2.45) is 0 Å². The van der Waals surface area contributed by atoms with E-state index in [2.05, 4.69) is 0 Å². The lowest BCUT2D eigenvalue weighted by molar-refractivity contribution is 0.0468. The third-order valence-electron chi connectivity index (χ3n) is 2.53. The molecule has 104 valence electrons. The molecule has 2 aromatic carbocycles. The average Bonchev–Trinajstić information content (AvgIpc) is 2.36. The number of nitrogen functional groups attached to an aromatic ring is 1. The predicted octanol–water partition coefficient (Wildman–Crippen LogP) is 3.56. The summed E-state index contributed by atoms with van der Waals surface area (Å²) in [6, 6.07) is 7.36. The highest BCUT2D eigenvalue weighted by atomic mass is 35.5. The molecule has 0 heterocycles. The summed E-state index contributed by atoms with van der Waals surface area (Å²) in [7, 11) is 0. The molecule has 0 saturated heterocycles. The molecule has 0 radical (unpaired) electrons. The van der Waals surface area contributed by atoms with E-state index in [1.54, 1.807) is 0 Å². The fourth-order valence-corrected chi connectivity index (χ4v) is 1.75. The van der Waals surface area contributed by atoms with Gasteiger partial charge in [0.15, 0.2) is 0 Å². The lowest BCUT2D eigenvalue weighted by Gasteiger charge is -2.07. The molecular formula is C14H10ClF2NO2. The molecule has 2 rings (SSSR count). The Labute approximate surface area is 118 Å². The van der Waals surface area contributed by atoms with E-state index in [1.807, 2.05) is 0 Å². The molecule has 20 heavy (non-hydrogen) atoms. The summed E-state index contributed by atoms with van der Waals surface area (Å²) in [6.45, 7) is -0.280. The Balaban J connectivity index is 2.08. The van der Waals surface area contributed by atoms with Gasteiger partial charge in [-0.3, -0.25) is 0 Å². The maximum absolute atomic E-state index is 13.5. The van der Waals surface area contributed by atoms with Crippen molar-refractivity contribution in [3.8, 4) is 0 Å². The number of nitrogens with two attached hydrogens (primary N) is 1. The molecule has 0 fully saturated rings. The molecule has 0 saturated carbocycles. The van der Waals surface area contributed by atoms with Gasteiger partial charge in [0.1, 0.15) is 18.2 Å². The van der Waals surface area contributed by atoms with Crippen LogP contribution >= 0.6 is 11.6 Å². The third-order valence-corrected chi connectivity index (χ3v) is 2.76. The molecule has 0 aliphatic heterocycles. The number of hydrogen-bond donors (Lipinski definition) is 1. The predicted molar refractivity (Wildman–Crippen MR) is 71.3 cm³/mol. The van der Waals surface area contributed by atoms with Gasteiger partial charge in [-0.2, -0.15) is 0 Å². The number of anilines is 1. The monoisotopic (exact) mass is 297 g/mol. The van der Waals surface area contributed by atoms with Crippen LogP contribution in [0.25, 0.3) is 0 Å². The zero-order valence-electron chi connectivity index (χ0n) is 10.2. The number of carbonyl (C=O) groups excluding carboxylic acids is 1. The molecule has 0 amide bonds. The first kappa shape index (κ1) is 14.3. The number of esters is 1. The van der Waals surface area contributed by atoms with Crippen molar-refractivity contribution in [1.82, 2.24) is 0 Å². The van der Waals surface area contributed by atoms with Crippen molar-refractivity contribution in [3.05, 3.63) is 64.2 Å². The van der Waals surface area contributed by atoms with Crippen molar-refractivity contribution in [2.75, 3.05) is 5.73 Å². The number of benzene rings is 2. The normalized spacial score (nSPS) is 10.3. The van der Waals surface area contributed by atoms with Crippen LogP contribution in [0.3, 0.4) is 0 Å². The van der Waals surface area contributed by atoms with Crippen LogP contribution in [0.5, 0.6) is 0 Å². The lowest BCUT2D eigenvalue weighted by atomic mass is 10.2. The lowest BCUT2D eigenvalue weighted by Crippen LogP contribution is -2.07. The molecule has 0 bridgehead atoms. The summed E-state index contributed by atoms with van der Waals surface area (Å²) >= 11 is 5.61. The molecule has 0 atom stereocenters. The number of ether oxygens (including phenoxy) is 1. The van der Waals surface area contributed by atoms with Crippen LogP contribution < -0.4 is 5.73 Å². The van der Waals surface area contributed by atoms with Crippen LogP contribution in [0.2, 0.25) is 5.02 Å². The van der Waals surface area contributed by atoms with Crippen LogP contribution in [0.4, 0.5) is 14.5 Å². The van der Waals surface area contributed by atoms with Crippen molar-refractivity contribution in [3.63, 3.8) is 0 Å². The van der Waals surface area contributed by atoms with Crippen molar-refractivity contribution in [1.29, 1.82) is 0 Å². The second-order valence-corrected chi connectivity index (χ2v) is 4.52. The Bertz CT molecular complexity index is 641. The molecule has 6 heteroatoms. The molecule has 0 spiro atoms. The van der Waals surface area contributed by atoms with E-state index in [9.17, 15) is 13.6 Å². The number of hydrogen-bond acceptors (Lipinski definition) is 3. The van der Waals surface area contributed by atoms with Gasteiger partial charge in [-0.15, -0.1) is 0 Å². The molecule has 2 N–H and O–H groups in total. The van der Waals surface area contributed by atoms with Gasteiger partial charge < -0.3 is 10.5 Å². The second kappa shape index (κ2) is 5.88. The molecule has 0 aliphatic carbocycles. The Morgan fingerprint density at radius 1 is 1.20 bits per heavy atom. The molecule has 3 nitrogen and oxygen atoms in total. The van der Waals surface area contributed by atoms with Crippen LogP contribution in [-0.4, -0.2) is 5.97 Å². The fraction of sp³-hybridized carbons (Fsp3) is 0.0714. The summed E-state index contributed by atoms with van der Waals surface area (Å²) in [6.07, 6.45) is 0. The van der Waals surface area contributed by atoms with Gasteiger partial charge in [0.25, 0.3) is 0 Å². The summed E-state index contributed by atoms with van der Waals surface area (Å²) in [5.74, 6) is -2.01. The van der Waals surface area contributed by atoms with Crippen LogP contribution in [0.1, 0.15) is 15.9 Å². The summed E-state index contributed by atoms with van der Waals surface area (Å²) < 4.78 is 31.5. The van der Waals surface area contributed by atoms with Gasteiger partial charge in [-0.1, -0.05) is 17.7 Å². The third kappa shape index (κ3) is 3.45. The average molecular weight is 298 g/mol. The fourth-order valence-electron chi connectivity index (χ4n) is 1.60. The highest BCUT2D eigenvalue weighted by Crippen LogP contribution is 2.17. The summed E-state index contributed by atoms with van der Waals surface area (Å²) in [5, 5.41) is 0.246. The first-order valence-corrected chi connectivity index (χ1v) is 6.00. The largest absolute Gasteiger partial charge is 0.457 e. The minimum Gasteiger partial charge on any atom is -0.457 e. The van der Waals surface area contributed by atoms with E-state index in [1.165, 1.54) is 18.2 Å². The standard InChI is InChI=1S/C14H10ClF2NO2/c15-10-2-1-8(13(17)5-10)7-20-14(19)9-3-11(16)6-12(18)4-9/h1-6H,7,18H2. The molecule has 0 aromatic heterocycles. The number of rotatable bonds is 3. The van der Waals surface area contributed by atoms with Crippen LogP contribution in [-0.2, 0) is 11.3 Å². The summed E-state index contributed by atoms with van der Waals surface area (Å²) in [5.41, 5.74) is 5.67. The van der Waals surface area contributed by atoms with Gasteiger partial charge in [-0.05, 0) is 30.3 Å². The number of carbonyl (C=O) groups is 1. The molecule has 0 aliphatic rings. The maximum atomic E-state index is 13.5. The molecular weight excluding hydrogens is 288 g/mol. The van der Waals surface area contributed by atoms with Gasteiger partial charge in [-0.25, -0.2) is 13.6 Å². The Morgan fingerprint density at radius 2 is 1.95 bits per heavy atom. The first-order chi connectivity index (χ1) is 9.45. The van der Waals surface area contributed by atoms with E-state index in [-0.39, 0.29) is 28.4 Å². The van der Waals surface area contributed by atoms with Crippen LogP contribution in [0.15, 0.2) is 36.4 Å². The molecule has 2 aromatic rings. The SMILES string of the molecule is Nc1cc(F)cc(C(=O)OCc2ccc(Cl)cc2F)c1. The van der Waals surface area contributed by atoms with Crippen molar-refractivity contribution < 1.29 is 18.3 Å². The number of halogens is 3. The Kier molecular flexibility index (Phi) is 4.20. The zero-order valence-corrected chi connectivity index (χ0v) is 11.0. The smallest absolute Gasteiger partial charge is 0.338 e. The highest BCUT2D eigenvalue weighted by Gasteiger charge is 2.11. The van der Waals surface area contributed by atoms with Gasteiger partial charge in [0.05, 0.1) is 5.56 Å². The molecule has 0 unspecified atom stereocenters. The Morgan fingerprint density at radius 3 is 2.60 bits per heavy atom. The minimum atomic E-state index is -0.787. The van der Waals surface area contributed by atoms with Crippen molar-refractivity contribution >= 4 is 23.3 Å². The van der Waals surface area contributed by atoms with E-state index in [4.69, 9.17) is 22.1 Å². The van der Waals surface area contributed by atoms with Crippen molar-refractivity contribution in [2.45, 2.75) is 6.61 Å². The highest BCUT2D eigenvalue weighted by molar-refractivity contribution is 6.30. The van der Waals surface area contributed by atoms with E-state index < -0.39 is 17.6 Å². The maximum Gasteiger partial charge on any atom is 0.338 e. The van der Waals surface area contributed by atoms with Crippen LogP contribution in [0, 0.1) is 11.6 Å².